The van der Waals surface area contributed by atoms with Crippen molar-refractivity contribution in [2.75, 3.05) is 19.7 Å². The first-order valence-corrected chi connectivity index (χ1v) is 7.84. The minimum atomic E-state index is -0.625. The van der Waals surface area contributed by atoms with Gasteiger partial charge in [-0.25, -0.2) is 14.0 Å². The monoisotopic (exact) mass is 335 g/mol. The van der Waals surface area contributed by atoms with Crippen molar-refractivity contribution in [2.24, 2.45) is 0 Å². The molecule has 0 radical (unpaired) electrons. The fourth-order valence-electron chi connectivity index (χ4n) is 2.41. The highest BCUT2D eigenvalue weighted by atomic mass is 19.1. The zero-order valence-corrected chi connectivity index (χ0v) is 14.4. The molecule has 0 saturated carbocycles. The summed E-state index contributed by atoms with van der Waals surface area (Å²) >= 11 is 0. The molecule has 0 atom stereocenters. The molecule has 2 rings (SSSR count). The van der Waals surface area contributed by atoms with Gasteiger partial charge in [0.15, 0.2) is 0 Å². The predicted octanol–water partition coefficient (Wildman–Crippen LogP) is 3.39. The molecule has 0 aliphatic carbocycles. The molecule has 1 heterocycles. The number of carbonyl (C=O) groups is 2. The van der Waals surface area contributed by atoms with Gasteiger partial charge in [-0.05, 0) is 51.0 Å². The van der Waals surface area contributed by atoms with Crippen LogP contribution in [-0.4, -0.2) is 42.3 Å². The summed E-state index contributed by atoms with van der Waals surface area (Å²) in [4.78, 5) is 25.9. The second-order valence-corrected chi connectivity index (χ2v) is 6.52. The minimum Gasteiger partial charge on any atom is -0.463 e. The van der Waals surface area contributed by atoms with Crippen molar-refractivity contribution >= 4 is 17.6 Å². The fourth-order valence-corrected chi connectivity index (χ4v) is 2.41. The summed E-state index contributed by atoms with van der Waals surface area (Å²) in [5.41, 5.74) is 1.11. The number of esters is 1. The van der Waals surface area contributed by atoms with Crippen LogP contribution in [0.1, 0.15) is 33.3 Å². The van der Waals surface area contributed by atoms with Crippen molar-refractivity contribution in [1.29, 1.82) is 0 Å². The largest absolute Gasteiger partial charge is 0.463 e. The van der Waals surface area contributed by atoms with Gasteiger partial charge in [0.2, 0.25) is 0 Å². The van der Waals surface area contributed by atoms with Crippen LogP contribution in [0.25, 0.3) is 5.57 Å². The van der Waals surface area contributed by atoms with Crippen LogP contribution >= 0.6 is 0 Å². The van der Waals surface area contributed by atoms with Gasteiger partial charge in [0.1, 0.15) is 11.4 Å². The van der Waals surface area contributed by atoms with E-state index in [1.54, 1.807) is 39.8 Å². The van der Waals surface area contributed by atoms with Gasteiger partial charge in [-0.3, -0.25) is 4.90 Å². The maximum atomic E-state index is 13.1. The molecular formula is C18H22FNO4. The maximum absolute atomic E-state index is 13.1. The molecule has 24 heavy (non-hydrogen) atoms. The van der Waals surface area contributed by atoms with E-state index in [2.05, 4.69) is 0 Å². The molecule has 0 unspecified atom stereocenters. The van der Waals surface area contributed by atoms with Crippen LogP contribution in [0.3, 0.4) is 0 Å². The van der Waals surface area contributed by atoms with Gasteiger partial charge >= 0.3 is 12.1 Å². The fraction of sp³-hybridized carbons (Fsp3) is 0.444. The molecule has 0 bridgehead atoms. The van der Waals surface area contributed by atoms with E-state index < -0.39 is 17.7 Å². The highest BCUT2D eigenvalue weighted by Gasteiger charge is 2.33. The Morgan fingerprint density at radius 1 is 1.17 bits per heavy atom. The van der Waals surface area contributed by atoms with Crippen LogP contribution in [-0.2, 0) is 14.3 Å². The van der Waals surface area contributed by atoms with Gasteiger partial charge in [0, 0.05) is 0 Å². The number of amides is 1. The SMILES string of the molecule is CCOC(=O)C1=C(c2ccc(F)cc2)CN(C(=O)OC(C)(C)C)C1. The van der Waals surface area contributed by atoms with Gasteiger partial charge in [-0.2, -0.15) is 0 Å². The molecule has 1 aliphatic rings. The topological polar surface area (TPSA) is 55.8 Å². The van der Waals surface area contributed by atoms with Gasteiger partial charge in [-0.1, -0.05) is 12.1 Å². The van der Waals surface area contributed by atoms with Crippen LogP contribution < -0.4 is 0 Å². The van der Waals surface area contributed by atoms with E-state index in [0.29, 0.717) is 16.7 Å². The van der Waals surface area contributed by atoms with E-state index in [1.165, 1.54) is 17.0 Å². The van der Waals surface area contributed by atoms with E-state index in [1.807, 2.05) is 0 Å². The van der Waals surface area contributed by atoms with Crippen molar-refractivity contribution < 1.29 is 23.5 Å². The third-order valence-electron chi connectivity index (χ3n) is 3.43. The Morgan fingerprint density at radius 3 is 2.33 bits per heavy atom. The smallest absolute Gasteiger partial charge is 0.410 e. The quantitative estimate of drug-likeness (QED) is 0.795. The summed E-state index contributed by atoms with van der Waals surface area (Å²) in [6.07, 6.45) is -0.499. The summed E-state index contributed by atoms with van der Waals surface area (Å²) in [7, 11) is 0. The first-order valence-electron chi connectivity index (χ1n) is 7.84. The molecule has 0 N–H and O–H groups in total. The van der Waals surface area contributed by atoms with E-state index in [4.69, 9.17) is 9.47 Å². The number of hydrogen-bond donors (Lipinski definition) is 0. The minimum absolute atomic E-state index is 0.112. The lowest BCUT2D eigenvalue weighted by atomic mass is 10.0. The average Bonchev–Trinajstić information content (AvgIpc) is 2.92. The first-order chi connectivity index (χ1) is 11.2. The number of ether oxygens (including phenoxy) is 2. The van der Waals surface area contributed by atoms with Crippen molar-refractivity contribution in [3.05, 3.63) is 41.2 Å². The highest BCUT2D eigenvalue weighted by molar-refractivity contribution is 6.01. The Morgan fingerprint density at radius 2 is 1.79 bits per heavy atom. The molecule has 5 nitrogen and oxygen atoms in total. The Bertz CT molecular complexity index is 659. The molecule has 1 aromatic rings. The van der Waals surface area contributed by atoms with Crippen molar-refractivity contribution in [3.8, 4) is 0 Å². The van der Waals surface area contributed by atoms with E-state index in [-0.39, 0.29) is 25.5 Å². The van der Waals surface area contributed by atoms with Crippen LogP contribution in [0.2, 0.25) is 0 Å². The molecule has 1 aromatic carbocycles. The first kappa shape index (κ1) is 18.0. The molecule has 1 amide bonds. The molecule has 0 fully saturated rings. The van der Waals surface area contributed by atoms with Crippen LogP contribution in [0.4, 0.5) is 9.18 Å². The zero-order chi connectivity index (χ0) is 17.9. The Labute approximate surface area is 141 Å². The average molecular weight is 335 g/mol. The Hall–Kier alpha value is -2.37. The highest BCUT2D eigenvalue weighted by Crippen LogP contribution is 2.29. The van der Waals surface area contributed by atoms with Gasteiger partial charge < -0.3 is 9.47 Å². The summed E-state index contributed by atoms with van der Waals surface area (Å²) in [6.45, 7) is 7.63. The summed E-state index contributed by atoms with van der Waals surface area (Å²) in [5, 5.41) is 0. The van der Waals surface area contributed by atoms with E-state index in [9.17, 15) is 14.0 Å². The van der Waals surface area contributed by atoms with Crippen LogP contribution in [0.15, 0.2) is 29.8 Å². The molecule has 1 aliphatic heterocycles. The standard InChI is InChI=1S/C18H22FNO4/c1-5-23-16(21)15-11-20(17(22)24-18(2,3)4)10-14(15)12-6-8-13(19)9-7-12/h6-9H,5,10-11H2,1-4H3. The number of nitrogens with zero attached hydrogens (tertiary/aromatic N) is 1. The molecule has 0 spiro atoms. The maximum Gasteiger partial charge on any atom is 0.410 e. The third kappa shape index (κ3) is 4.34. The molecule has 0 aromatic heterocycles. The number of halogens is 1. The van der Waals surface area contributed by atoms with Crippen molar-refractivity contribution in [1.82, 2.24) is 4.90 Å². The van der Waals surface area contributed by atoms with Gasteiger partial charge in [0.25, 0.3) is 0 Å². The molecule has 0 saturated heterocycles. The van der Waals surface area contributed by atoms with Gasteiger partial charge in [0.05, 0.1) is 25.3 Å². The second-order valence-electron chi connectivity index (χ2n) is 6.52. The lowest BCUT2D eigenvalue weighted by molar-refractivity contribution is -0.138. The molecular weight excluding hydrogens is 313 g/mol. The molecule has 130 valence electrons. The van der Waals surface area contributed by atoms with Crippen molar-refractivity contribution in [2.45, 2.75) is 33.3 Å². The Kier molecular flexibility index (Phi) is 5.26. The predicted molar refractivity (Wildman–Crippen MR) is 87.8 cm³/mol. The summed E-state index contributed by atoms with van der Waals surface area (Å²) in [6, 6.07) is 5.81. The zero-order valence-electron chi connectivity index (χ0n) is 14.4. The number of carbonyl (C=O) groups excluding carboxylic acids is 2. The lowest BCUT2D eigenvalue weighted by Crippen LogP contribution is -2.36. The summed E-state index contributed by atoms with van der Waals surface area (Å²) in [5.74, 6) is -0.832. The third-order valence-corrected chi connectivity index (χ3v) is 3.43. The normalized spacial score (nSPS) is 14.8. The Balaban J connectivity index is 2.28. The second kappa shape index (κ2) is 7.03. The lowest BCUT2D eigenvalue weighted by Gasteiger charge is -2.24. The number of hydrogen-bond acceptors (Lipinski definition) is 4. The molecule has 6 heteroatoms. The van der Waals surface area contributed by atoms with Crippen LogP contribution in [0.5, 0.6) is 0 Å². The summed E-state index contributed by atoms with van der Waals surface area (Å²) < 4.78 is 23.6. The van der Waals surface area contributed by atoms with Gasteiger partial charge in [-0.15, -0.1) is 0 Å². The number of rotatable bonds is 3. The van der Waals surface area contributed by atoms with Crippen LogP contribution in [0, 0.1) is 5.82 Å². The number of benzene rings is 1. The van der Waals surface area contributed by atoms with Crippen molar-refractivity contribution in [3.63, 3.8) is 0 Å². The van der Waals surface area contributed by atoms with E-state index >= 15 is 0 Å². The van der Waals surface area contributed by atoms with E-state index in [0.717, 1.165) is 0 Å².